The molecule has 4 nitrogen and oxygen atoms in total. The highest BCUT2D eigenvalue weighted by molar-refractivity contribution is 7.20. The zero-order chi connectivity index (χ0) is 17.5. The molecule has 130 valence electrons. The van der Waals surface area contributed by atoms with Crippen LogP contribution in [0.15, 0.2) is 72.8 Å². The molecule has 1 fully saturated rings. The van der Waals surface area contributed by atoms with Crippen molar-refractivity contribution in [2.24, 2.45) is 0 Å². The molecule has 3 aromatic rings. The quantitative estimate of drug-likeness (QED) is 0.640. The highest BCUT2D eigenvalue weighted by Crippen LogP contribution is 2.35. The molecule has 0 aliphatic carbocycles. The minimum absolute atomic E-state index is 0.0667. The molecule has 0 saturated carbocycles. The molecule has 5 heteroatoms. The van der Waals surface area contributed by atoms with Crippen molar-refractivity contribution in [1.82, 2.24) is 9.96 Å². The van der Waals surface area contributed by atoms with Crippen LogP contribution in [0.4, 0.5) is 0 Å². The van der Waals surface area contributed by atoms with Gasteiger partial charge in [0.2, 0.25) is 0 Å². The van der Waals surface area contributed by atoms with Gasteiger partial charge in [-0.05, 0) is 23.1 Å². The molecule has 0 N–H and O–H groups in total. The standard InChI is InChI=1S/C21H18N2O2S/c24-21(19-13-16-9-4-5-11-18(16)26-19)23-14-22-12-6-10-17(25-23)20(22)15-7-2-1-3-8-15/h1-11,13,17,20H,12,14H2. The third-order valence-corrected chi connectivity index (χ3v) is 6.04. The van der Waals surface area contributed by atoms with Gasteiger partial charge >= 0.3 is 0 Å². The van der Waals surface area contributed by atoms with Crippen molar-refractivity contribution in [3.05, 3.63) is 83.3 Å². The van der Waals surface area contributed by atoms with Gasteiger partial charge in [0.15, 0.2) is 0 Å². The fourth-order valence-corrected chi connectivity index (χ4v) is 4.72. The van der Waals surface area contributed by atoms with E-state index in [1.54, 1.807) is 0 Å². The topological polar surface area (TPSA) is 32.8 Å². The van der Waals surface area contributed by atoms with Gasteiger partial charge < -0.3 is 0 Å². The normalized spacial score (nSPS) is 24.8. The Kier molecular flexibility index (Phi) is 3.85. The number of hydrogen-bond acceptors (Lipinski definition) is 4. The first-order valence-electron chi connectivity index (χ1n) is 8.72. The van der Waals surface area contributed by atoms with Gasteiger partial charge in [0.25, 0.3) is 5.91 Å². The number of amides is 1. The number of hydrogen-bond donors (Lipinski definition) is 0. The van der Waals surface area contributed by atoms with Crippen molar-refractivity contribution in [1.29, 1.82) is 0 Å². The second-order valence-corrected chi connectivity index (χ2v) is 7.68. The minimum Gasteiger partial charge on any atom is -0.270 e. The number of thiophene rings is 1. The number of fused-ring (bicyclic) bond motifs is 3. The van der Waals surface area contributed by atoms with Crippen LogP contribution in [-0.4, -0.2) is 35.2 Å². The fourth-order valence-electron chi connectivity index (χ4n) is 3.71. The molecule has 0 radical (unpaired) electrons. The molecule has 2 bridgehead atoms. The molecule has 26 heavy (non-hydrogen) atoms. The second-order valence-electron chi connectivity index (χ2n) is 6.60. The van der Waals surface area contributed by atoms with E-state index >= 15 is 0 Å². The zero-order valence-electron chi connectivity index (χ0n) is 14.1. The molecule has 2 aliphatic rings. The van der Waals surface area contributed by atoms with E-state index in [0.717, 1.165) is 16.6 Å². The number of benzene rings is 2. The van der Waals surface area contributed by atoms with Crippen molar-refractivity contribution >= 4 is 27.3 Å². The maximum Gasteiger partial charge on any atom is 0.288 e. The third-order valence-electron chi connectivity index (χ3n) is 4.93. The Labute approximate surface area is 155 Å². The molecule has 2 aromatic carbocycles. The molecular weight excluding hydrogens is 344 g/mol. The predicted molar refractivity (Wildman–Crippen MR) is 103 cm³/mol. The summed E-state index contributed by atoms with van der Waals surface area (Å²) < 4.78 is 1.12. The maximum absolute atomic E-state index is 13.0. The smallest absolute Gasteiger partial charge is 0.270 e. The summed E-state index contributed by atoms with van der Waals surface area (Å²) in [5.41, 5.74) is 1.22. The van der Waals surface area contributed by atoms with Gasteiger partial charge in [-0.2, -0.15) is 0 Å². The zero-order valence-corrected chi connectivity index (χ0v) is 14.9. The Hall–Kier alpha value is -2.47. The van der Waals surface area contributed by atoms with Gasteiger partial charge in [-0.25, -0.2) is 5.06 Å². The summed E-state index contributed by atoms with van der Waals surface area (Å²) in [6.07, 6.45) is 4.03. The molecule has 3 atom stereocenters. The average Bonchev–Trinajstić information content (AvgIpc) is 3.11. The SMILES string of the molecule is O=C(c1cc2ccccc2s1)N1CN2CC=CC(O1)C2c1ccccc1. The van der Waals surface area contributed by atoms with Crippen molar-refractivity contribution in [2.75, 3.05) is 13.2 Å². The molecule has 2 aliphatic heterocycles. The fraction of sp³-hybridized carbons (Fsp3) is 0.190. The molecule has 0 spiro atoms. The average molecular weight is 362 g/mol. The molecule has 1 saturated heterocycles. The van der Waals surface area contributed by atoms with Crippen molar-refractivity contribution in [3.63, 3.8) is 0 Å². The van der Waals surface area contributed by atoms with Crippen LogP contribution in [0, 0.1) is 0 Å². The summed E-state index contributed by atoms with van der Waals surface area (Å²) in [5.74, 6) is -0.0667. The van der Waals surface area contributed by atoms with Gasteiger partial charge in [-0.3, -0.25) is 14.5 Å². The Morgan fingerprint density at radius 2 is 1.88 bits per heavy atom. The molecule has 1 aromatic heterocycles. The Balaban J connectivity index is 1.42. The van der Waals surface area contributed by atoms with Crippen LogP contribution < -0.4 is 0 Å². The Morgan fingerprint density at radius 1 is 1.08 bits per heavy atom. The number of hydroxylamine groups is 2. The van der Waals surface area contributed by atoms with Gasteiger partial charge in [0, 0.05) is 11.2 Å². The number of rotatable bonds is 2. The molecule has 5 rings (SSSR count). The van der Waals surface area contributed by atoms with Gasteiger partial charge in [0.1, 0.15) is 12.8 Å². The third kappa shape index (κ3) is 2.65. The van der Waals surface area contributed by atoms with E-state index in [0.29, 0.717) is 11.5 Å². The summed E-state index contributed by atoms with van der Waals surface area (Å²) in [6.45, 7) is 1.28. The van der Waals surface area contributed by atoms with E-state index in [4.69, 9.17) is 4.84 Å². The summed E-state index contributed by atoms with van der Waals surface area (Å²) in [5, 5.41) is 2.61. The molecule has 3 heterocycles. The van der Waals surface area contributed by atoms with Crippen LogP contribution >= 0.6 is 11.3 Å². The second kappa shape index (κ2) is 6.36. The first-order valence-corrected chi connectivity index (χ1v) is 9.54. The highest BCUT2D eigenvalue weighted by Gasteiger charge is 2.39. The van der Waals surface area contributed by atoms with Crippen LogP contribution in [0.2, 0.25) is 0 Å². The lowest BCUT2D eigenvalue weighted by Crippen LogP contribution is -2.55. The lowest BCUT2D eigenvalue weighted by atomic mass is 9.96. The van der Waals surface area contributed by atoms with Crippen molar-refractivity contribution in [3.8, 4) is 0 Å². The Morgan fingerprint density at radius 3 is 2.69 bits per heavy atom. The molecule has 3 unspecified atom stereocenters. The summed E-state index contributed by atoms with van der Waals surface area (Å²) in [4.78, 5) is 22.1. The summed E-state index contributed by atoms with van der Waals surface area (Å²) >= 11 is 1.52. The van der Waals surface area contributed by atoms with Crippen LogP contribution in [0.25, 0.3) is 10.1 Å². The highest BCUT2D eigenvalue weighted by atomic mass is 32.1. The molecular formula is C21H18N2O2S. The van der Waals surface area contributed by atoms with Crippen LogP contribution in [-0.2, 0) is 4.84 Å². The summed E-state index contributed by atoms with van der Waals surface area (Å²) in [7, 11) is 0. The van der Waals surface area contributed by atoms with Gasteiger partial charge in [0.05, 0.1) is 10.9 Å². The van der Waals surface area contributed by atoms with Gasteiger partial charge in [-0.1, -0.05) is 60.7 Å². The summed E-state index contributed by atoms with van der Waals surface area (Å²) in [6, 6.07) is 20.5. The van der Waals surface area contributed by atoms with Crippen LogP contribution in [0.1, 0.15) is 21.3 Å². The predicted octanol–water partition coefficient (Wildman–Crippen LogP) is 4.23. The van der Waals surface area contributed by atoms with Crippen molar-refractivity contribution < 1.29 is 9.63 Å². The first kappa shape index (κ1) is 15.8. The number of carbonyl (C=O) groups is 1. The number of carbonyl (C=O) groups excluding carboxylic acids is 1. The molecule has 1 amide bonds. The number of nitrogens with zero attached hydrogens (tertiary/aromatic N) is 2. The van der Waals surface area contributed by atoms with E-state index in [1.807, 2.05) is 48.5 Å². The van der Waals surface area contributed by atoms with E-state index in [9.17, 15) is 4.79 Å². The van der Waals surface area contributed by atoms with E-state index in [-0.39, 0.29) is 18.1 Å². The van der Waals surface area contributed by atoms with E-state index in [2.05, 4.69) is 29.2 Å². The monoisotopic (exact) mass is 362 g/mol. The van der Waals surface area contributed by atoms with E-state index < -0.39 is 0 Å². The van der Waals surface area contributed by atoms with Crippen LogP contribution in [0.3, 0.4) is 0 Å². The van der Waals surface area contributed by atoms with Crippen LogP contribution in [0.5, 0.6) is 0 Å². The largest absolute Gasteiger partial charge is 0.288 e. The van der Waals surface area contributed by atoms with Gasteiger partial charge in [-0.15, -0.1) is 11.3 Å². The minimum atomic E-state index is -0.154. The van der Waals surface area contributed by atoms with Crippen molar-refractivity contribution in [2.45, 2.75) is 12.1 Å². The maximum atomic E-state index is 13.0. The first-order chi connectivity index (χ1) is 12.8. The van der Waals surface area contributed by atoms with E-state index in [1.165, 1.54) is 22.0 Å². The lowest BCUT2D eigenvalue weighted by Gasteiger charge is -2.46. The Bertz CT molecular complexity index is 949. The lowest BCUT2D eigenvalue weighted by molar-refractivity contribution is -0.232.